The Balaban J connectivity index is 2.17. The zero-order valence-corrected chi connectivity index (χ0v) is 12.2. The maximum atomic E-state index is 12.9. The molecule has 23 heavy (non-hydrogen) atoms. The van der Waals surface area contributed by atoms with Crippen molar-refractivity contribution in [1.82, 2.24) is 9.97 Å². The van der Waals surface area contributed by atoms with Gasteiger partial charge in [-0.15, -0.1) is 0 Å². The number of anilines is 3. The highest BCUT2D eigenvalue weighted by Gasteiger charge is 2.14. The molecule has 2 rings (SSSR count). The predicted octanol–water partition coefficient (Wildman–Crippen LogP) is 1.66. The third-order valence-corrected chi connectivity index (χ3v) is 3.06. The first-order valence-corrected chi connectivity index (χ1v) is 6.73. The number of aromatic nitrogens is 2. The van der Waals surface area contributed by atoms with Crippen molar-refractivity contribution in [2.24, 2.45) is 0 Å². The van der Waals surface area contributed by atoms with E-state index in [9.17, 15) is 4.39 Å². The fourth-order valence-electron chi connectivity index (χ4n) is 1.94. The highest BCUT2D eigenvalue weighted by molar-refractivity contribution is 5.75. The summed E-state index contributed by atoms with van der Waals surface area (Å²) in [7, 11) is 0. The van der Waals surface area contributed by atoms with Crippen LogP contribution < -0.4 is 16.0 Å². The van der Waals surface area contributed by atoms with Crippen LogP contribution in [0.2, 0.25) is 0 Å². The molecule has 1 aromatic heterocycles. The molecule has 0 radical (unpaired) electrons. The molecular weight excluding hydrogens is 297 g/mol. The van der Waals surface area contributed by atoms with E-state index in [0.29, 0.717) is 18.2 Å². The van der Waals surface area contributed by atoms with Gasteiger partial charge in [-0.25, -0.2) is 14.4 Å². The minimum Gasteiger partial charge on any atom is -0.393 e. The highest BCUT2D eigenvalue weighted by Crippen LogP contribution is 2.26. The van der Waals surface area contributed by atoms with Crippen LogP contribution in [-0.2, 0) is 6.54 Å². The summed E-state index contributed by atoms with van der Waals surface area (Å²) in [5, 5.41) is 20.7. The van der Waals surface area contributed by atoms with Crippen molar-refractivity contribution >= 4 is 17.3 Å². The monoisotopic (exact) mass is 311 g/mol. The molecule has 0 spiro atoms. The van der Waals surface area contributed by atoms with Gasteiger partial charge >= 0.3 is 0 Å². The van der Waals surface area contributed by atoms with E-state index >= 15 is 0 Å². The molecule has 0 atom stereocenters. The molecule has 0 aliphatic rings. The molecule has 0 amide bonds. The number of nitrogen functional groups attached to an aromatic ring is 1. The number of nitrogens with two attached hydrogens (primary N) is 1. The van der Waals surface area contributed by atoms with Crippen molar-refractivity contribution in [2.45, 2.75) is 6.54 Å². The van der Waals surface area contributed by atoms with Crippen molar-refractivity contribution in [3.05, 3.63) is 42.0 Å². The lowest BCUT2D eigenvalue weighted by molar-refractivity contribution is 0.627. The van der Waals surface area contributed by atoms with E-state index in [1.54, 1.807) is 12.1 Å². The Kier molecular flexibility index (Phi) is 5.26. The molecular formula is C15H14FN7. The van der Waals surface area contributed by atoms with Gasteiger partial charge in [0.05, 0.1) is 12.1 Å². The van der Waals surface area contributed by atoms with E-state index in [1.165, 1.54) is 23.4 Å². The summed E-state index contributed by atoms with van der Waals surface area (Å²) in [5.74, 6) is 0.408. The quantitative estimate of drug-likeness (QED) is 0.779. The van der Waals surface area contributed by atoms with Gasteiger partial charge in [0.2, 0.25) is 0 Å². The maximum absolute atomic E-state index is 12.9. The van der Waals surface area contributed by atoms with Gasteiger partial charge in [0.25, 0.3) is 0 Å². The highest BCUT2D eigenvalue weighted by atomic mass is 19.1. The second kappa shape index (κ2) is 7.57. The summed E-state index contributed by atoms with van der Waals surface area (Å²) in [4.78, 5) is 9.56. The first-order chi connectivity index (χ1) is 11.2. The van der Waals surface area contributed by atoms with E-state index in [-0.39, 0.29) is 24.6 Å². The number of hydrogen-bond donors (Lipinski definition) is 2. The molecule has 1 aromatic carbocycles. The first kappa shape index (κ1) is 16.0. The smallest absolute Gasteiger partial charge is 0.159 e. The third kappa shape index (κ3) is 4.05. The summed E-state index contributed by atoms with van der Waals surface area (Å²) in [5.41, 5.74) is 7.13. The van der Waals surface area contributed by atoms with Crippen LogP contribution in [0.25, 0.3) is 0 Å². The van der Waals surface area contributed by atoms with Gasteiger partial charge in [0, 0.05) is 6.54 Å². The molecule has 0 saturated heterocycles. The molecule has 116 valence electrons. The first-order valence-electron chi connectivity index (χ1n) is 6.73. The second-order valence-electron chi connectivity index (χ2n) is 4.61. The number of rotatable bonds is 6. The fourth-order valence-corrected chi connectivity index (χ4v) is 1.94. The Bertz CT molecular complexity index is 730. The molecule has 0 bridgehead atoms. The zero-order valence-electron chi connectivity index (χ0n) is 12.2. The molecule has 2 aromatic rings. The van der Waals surface area contributed by atoms with Crippen LogP contribution in [0, 0.1) is 28.5 Å². The molecule has 8 heteroatoms. The number of nitrogens with zero attached hydrogens (tertiary/aromatic N) is 5. The van der Waals surface area contributed by atoms with Gasteiger partial charge in [-0.1, -0.05) is 12.1 Å². The molecule has 0 unspecified atom stereocenters. The topological polar surface area (TPSA) is 115 Å². The molecule has 0 aliphatic carbocycles. The van der Waals surface area contributed by atoms with Gasteiger partial charge in [0.15, 0.2) is 11.6 Å². The number of benzene rings is 1. The SMILES string of the molecule is N#CCN(CC#N)c1ncnc(NCc2ccc(F)cc2)c1N. The minimum atomic E-state index is -0.304. The van der Waals surface area contributed by atoms with Crippen LogP contribution in [0.3, 0.4) is 0 Å². The third-order valence-electron chi connectivity index (χ3n) is 3.06. The predicted molar refractivity (Wildman–Crippen MR) is 83.6 cm³/mol. The summed E-state index contributed by atoms with van der Waals surface area (Å²) < 4.78 is 12.9. The average Bonchev–Trinajstić information content (AvgIpc) is 2.55. The van der Waals surface area contributed by atoms with Crippen molar-refractivity contribution in [2.75, 3.05) is 29.0 Å². The average molecular weight is 311 g/mol. The van der Waals surface area contributed by atoms with E-state index in [2.05, 4.69) is 15.3 Å². The standard InChI is InChI=1S/C15H14FN7/c16-12-3-1-11(2-4-12)9-20-14-13(19)15(22-10-21-14)23(7-5-17)8-6-18/h1-4,10H,7-9,19H2,(H,20,21,22). The summed E-state index contributed by atoms with van der Waals surface area (Å²) in [6.45, 7) is 0.385. The van der Waals surface area contributed by atoms with E-state index in [0.717, 1.165) is 5.56 Å². The summed E-state index contributed by atoms with van der Waals surface area (Å²) in [6.07, 6.45) is 1.31. The minimum absolute atomic E-state index is 0.00776. The van der Waals surface area contributed by atoms with Crippen molar-refractivity contribution in [3.8, 4) is 12.1 Å². The molecule has 0 aliphatic heterocycles. The lowest BCUT2D eigenvalue weighted by Crippen LogP contribution is -2.26. The largest absolute Gasteiger partial charge is 0.393 e. The van der Waals surface area contributed by atoms with Gasteiger partial charge in [0.1, 0.15) is 30.9 Å². The van der Waals surface area contributed by atoms with E-state index in [4.69, 9.17) is 16.3 Å². The molecule has 7 nitrogen and oxygen atoms in total. The molecule has 0 saturated carbocycles. The van der Waals surface area contributed by atoms with Crippen LogP contribution in [0.15, 0.2) is 30.6 Å². The van der Waals surface area contributed by atoms with Gasteiger partial charge in [-0.05, 0) is 17.7 Å². The normalized spacial score (nSPS) is 9.70. The van der Waals surface area contributed by atoms with Crippen LogP contribution in [0.4, 0.5) is 21.7 Å². The summed E-state index contributed by atoms with van der Waals surface area (Å²) >= 11 is 0. The Morgan fingerprint density at radius 2 is 1.78 bits per heavy atom. The second-order valence-corrected chi connectivity index (χ2v) is 4.61. The maximum Gasteiger partial charge on any atom is 0.159 e. The number of hydrogen-bond acceptors (Lipinski definition) is 7. The Hall–Kier alpha value is -3.39. The number of nitrogens with one attached hydrogen (secondary N) is 1. The van der Waals surface area contributed by atoms with Gasteiger partial charge in [-0.3, -0.25) is 0 Å². The summed E-state index contributed by atoms with van der Waals surface area (Å²) in [6, 6.07) is 9.97. The Labute approximate surface area is 132 Å². The molecule has 1 heterocycles. The van der Waals surface area contributed by atoms with Crippen LogP contribution in [0.1, 0.15) is 5.56 Å². The lowest BCUT2D eigenvalue weighted by Gasteiger charge is -2.20. The van der Waals surface area contributed by atoms with Crippen LogP contribution in [0.5, 0.6) is 0 Å². The molecule has 0 fully saturated rings. The fraction of sp³-hybridized carbons (Fsp3) is 0.200. The van der Waals surface area contributed by atoms with Gasteiger partial charge in [-0.2, -0.15) is 10.5 Å². The van der Waals surface area contributed by atoms with E-state index in [1.807, 2.05) is 12.1 Å². The number of nitriles is 2. The van der Waals surface area contributed by atoms with Crippen molar-refractivity contribution < 1.29 is 4.39 Å². The Morgan fingerprint density at radius 1 is 1.13 bits per heavy atom. The van der Waals surface area contributed by atoms with Crippen molar-refractivity contribution in [1.29, 1.82) is 10.5 Å². The molecule has 3 N–H and O–H groups in total. The van der Waals surface area contributed by atoms with Crippen LogP contribution >= 0.6 is 0 Å². The zero-order chi connectivity index (χ0) is 16.7. The van der Waals surface area contributed by atoms with Gasteiger partial charge < -0.3 is 16.0 Å². The van der Waals surface area contributed by atoms with Crippen molar-refractivity contribution in [3.63, 3.8) is 0 Å². The lowest BCUT2D eigenvalue weighted by atomic mass is 10.2. The Morgan fingerprint density at radius 3 is 2.39 bits per heavy atom. The number of halogens is 1. The van der Waals surface area contributed by atoms with Crippen LogP contribution in [-0.4, -0.2) is 23.1 Å². The van der Waals surface area contributed by atoms with E-state index < -0.39 is 0 Å².